The van der Waals surface area contributed by atoms with E-state index in [2.05, 4.69) is 37.1 Å². The lowest BCUT2D eigenvalue weighted by atomic mass is 10.1. The highest BCUT2D eigenvalue weighted by Crippen LogP contribution is 2.27. The first-order valence-electron chi connectivity index (χ1n) is 6.54. The Morgan fingerprint density at radius 1 is 1.44 bits per heavy atom. The Labute approximate surface area is 99.8 Å². The second-order valence-corrected chi connectivity index (χ2v) is 5.15. The maximum Gasteiger partial charge on any atom is 0.0965 e. The van der Waals surface area contributed by atoms with E-state index in [4.69, 9.17) is 5.26 Å². The summed E-state index contributed by atoms with van der Waals surface area (Å²) < 4.78 is 0. The van der Waals surface area contributed by atoms with Crippen LogP contribution < -0.4 is 5.32 Å². The van der Waals surface area contributed by atoms with Gasteiger partial charge < -0.3 is 10.2 Å². The second-order valence-electron chi connectivity index (χ2n) is 5.15. The Kier molecular flexibility index (Phi) is 5.79. The molecule has 0 radical (unpaired) electrons. The average Bonchev–Trinajstić information content (AvgIpc) is 3.05. The number of hydrogen-bond donors (Lipinski definition) is 1. The summed E-state index contributed by atoms with van der Waals surface area (Å²) in [6.45, 7) is 9.70. The lowest BCUT2D eigenvalue weighted by Crippen LogP contribution is -2.36. The number of nitriles is 1. The maximum absolute atomic E-state index is 8.98. The van der Waals surface area contributed by atoms with Crippen molar-refractivity contribution in [2.75, 3.05) is 19.6 Å². The van der Waals surface area contributed by atoms with Gasteiger partial charge in [0.05, 0.1) is 12.1 Å². The largest absolute Gasteiger partial charge is 0.302 e. The maximum atomic E-state index is 8.98. The van der Waals surface area contributed by atoms with Gasteiger partial charge in [-0.3, -0.25) is 0 Å². The van der Waals surface area contributed by atoms with Crippen LogP contribution in [0.2, 0.25) is 0 Å². The highest BCUT2D eigenvalue weighted by molar-refractivity contribution is 4.92. The van der Waals surface area contributed by atoms with Crippen molar-refractivity contribution in [1.82, 2.24) is 10.2 Å². The predicted molar refractivity (Wildman–Crippen MR) is 67.1 cm³/mol. The van der Waals surface area contributed by atoms with E-state index in [1.165, 1.54) is 19.4 Å². The molecule has 1 N–H and O–H groups in total. The van der Waals surface area contributed by atoms with Crippen LogP contribution in [0.25, 0.3) is 0 Å². The normalized spacial score (nSPS) is 17.8. The molecule has 0 amide bonds. The van der Waals surface area contributed by atoms with Gasteiger partial charge in [0.2, 0.25) is 0 Å². The van der Waals surface area contributed by atoms with Crippen LogP contribution in [-0.4, -0.2) is 36.6 Å². The predicted octanol–water partition coefficient (Wildman–Crippen LogP) is 2.00. The highest BCUT2D eigenvalue weighted by atomic mass is 15.2. The molecular formula is C13H25N3. The van der Waals surface area contributed by atoms with E-state index in [0.717, 1.165) is 31.5 Å². The molecule has 16 heavy (non-hydrogen) atoms. The summed E-state index contributed by atoms with van der Waals surface area (Å²) in [5.41, 5.74) is 0. The third kappa shape index (κ3) is 4.96. The number of rotatable bonds is 8. The van der Waals surface area contributed by atoms with E-state index in [1.54, 1.807) is 0 Å². The molecule has 0 aromatic rings. The van der Waals surface area contributed by atoms with Gasteiger partial charge in [-0.15, -0.1) is 0 Å². The van der Waals surface area contributed by atoms with Gasteiger partial charge in [0, 0.05) is 19.1 Å². The van der Waals surface area contributed by atoms with E-state index in [1.807, 2.05) is 0 Å². The second kappa shape index (κ2) is 6.88. The molecule has 1 fully saturated rings. The first-order chi connectivity index (χ1) is 7.67. The number of hydrogen-bond acceptors (Lipinski definition) is 3. The highest BCUT2D eigenvalue weighted by Gasteiger charge is 2.29. The standard InChI is InChI=1S/C13H25N3/c1-4-15-12(9-14)7-8-16(10-11(2)3)13-5-6-13/h11-13,15H,4-8,10H2,1-3H3. The molecule has 0 aromatic carbocycles. The fourth-order valence-corrected chi connectivity index (χ4v) is 2.09. The van der Waals surface area contributed by atoms with E-state index in [9.17, 15) is 0 Å². The summed E-state index contributed by atoms with van der Waals surface area (Å²) in [6.07, 6.45) is 3.66. The molecule has 0 saturated heterocycles. The molecule has 0 aliphatic heterocycles. The Morgan fingerprint density at radius 2 is 2.12 bits per heavy atom. The average molecular weight is 223 g/mol. The lowest BCUT2D eigenvalue weighted by molar-refractivity contribution is 0.226. The summed E-state index contributed by atoms with van der Waals surface area (Å²) in [5, 5.41) is 12.2. The minimum Gasteiger partial charge on any atom is -0.302 e. The molecule has 1 unspecified atom stereocenters. The van der Waals surface area contributed by atoms with E-state index >= 15 is 0 Å². The van der Waals surface area contributed by atoms with E-state index in [-0.39, 0.29) is 6.04 Å². The minimum atomic E-state index is 0.0263. The van der Waals surface area contributed by atoms with Crippen molar-refractivity contribution in [2.45, 2.75) is 52.1 Å². The first kappa shape index (κ1) is 13.5. The van der Waals surface area contributed by atoms with Gasteiger partial charge in [0.15, 0.2) is 0 Å². The molecule has 92 valence electrons. The lowest BCUT2D eigenvalue weighted by Gasteiger charge is -2.25. The van der Waals surface area contributed by atoms with Crippen LogP contribution in [0, 0.1) is 17.2 Å². The van der Waals surface area contributed by atoms with Crippen molar-refractivity contribution >= 4 is 0 Å². The Balaban J connectivity index is 2.28. The van der Waals surface area contributed by atoms with Crippen molar-refractivity contribution in [3.05, 3.63) is 0 Å². The summed E-state index contributed by atoms with van der Waals surface area (Å²) in [7, 11) is 0. The summed E-state index contributed by atoms with van der Waals surface area (Å²) in [5.74, 6) is 0.722. The third-order valence-electron chi connectivity index (χ3n) is 2.97. The van der Waals surface area contributed by atoms with Crippen molar-refractivity contribution in [2.24, 2.45) is 5.92 Å². The molecule has 1 aliphatic rings. The van der Waals surface area contributed by atoms with E-state index < -0.39 is 0 Å². The van der Waals surface area contributed by atoms with Crippen LogP contribution in [0.15, 0.2) is 0 Å². The van der Waals surface area contributed by atoms with Crippen molar-refractivity contribution in [3.63, 3.8) is 0 Å². The smallest absolute Gasteiger partial charge is 0.0965 e. The molecule has 3 heteroatoms. The zero-order valence-electron chi connectivity index (χ0n) is 10.9. The molecule has 1 saturated carbocycles. The quantitative estimate of drug-likeness (QED) is 0.684. The Hall–Kier alpha value is -0.590. The molecule has 0 heterocycles. The van der Waals surface area contributed by atoms with Crippen LogP contribution >= 0.6 is 0 Å². The molecule has 0 bridgehead atoms. The SMILES string of the molecule is CCNC(C#N)CCN(CC(C)C)C1CC1. The summed E-state index contributed by atoms with van der Waals surface area (Å²) in [6, 6.07) is 3.17. The molecule has 1 rings (SSSR count). The van der Waals surface area contributed by atoms with Crippen LogP contribution in [0.4, 0.5) is 0 Å². The molecule has 0 spiro atoms. The molecular weight excluding hydrogens is 198 g/mol. The molecule has 1 aliphatic carbocycles. The van der Waals surface area contributed by atoms with Crippen LogP contribution in [0.1, 0.15) is 40.0 Å². The van der Waals surface area contributed by atoms with Gasteiger partial charge in [0.1, 0.15) is 0 Å². The Bertz CT molecular complexity index is 228. The van der Waals surface area contributed by atoms with Crippen molar-refractivity contribution in [3.8, 4) is 6.07 Å². The van der Waals surface area contributed by atoms with Gasteiger partial charge in [-0.25, -0.2) is 0 Å². The van der Waals surface area contributed by atoms with Gasteiger partial charge in [-0.2, -0.15) is 5.26 Å². The molecule has 1 atom stereocenters. The van der Waals surface area contributed by atoms with Gasteiger partial charge in [0.25, 0.3) is 0 Å². The Morgan fingerprint density at radius 3 is 2.56 bits per heavy atom. The summed E-state index contributed by atoms with van der Waals surface area (Å²) >= 11 is 0. The van der Waals surface area contributed by atoms with Gasteiger partial charge in [-0.1, -0.05) is 20.8 Å². The van der Waals surface area contributed by atoms with Crippen LogP contribution in [0.5, 0.6) is 0 Å². The van der Waals surface area contributed by atoms with Crippen molar-refractivity contribution < 1.29 is 0 Å². The number of nitrogens with zero attached hydrogens (tertiary/aromatic N) is 2. The minimum absolute atomic E-state index is 0.0263. The zero-order valence-corrected chi connectivity index (χ0v) is 10.9. The first-order valence-corrected chi connectivity index (χ1v) is 6.54. The van der Waals surface area contributed by atoms with Crippen molar-refractivity contribution in [1.29, 1.82) is 5.26 Å². The summed E-state index contributed by atoms with van der Waals surface area (Å²) in [4.78, 5) is 2.56. The molecule has 0 aromatic heterocycles. The van der Waals surface area contributed by atoms with Gasteiger partial charge in [-0.05, 0) is 31.7 Å². The fraction of sp³-hybridized carbons (Fsp3) is 0.923. The topological polar surface area (TPSA) is 39.1 Å². The molecule has 3 nitrogen and oxygen atoms in total. The number of nitrogens with one attached hydrogen (secondary N) is 1. The van der Waals surface area contributed by atoms with E-state index in [0.29, 0.717) is 0 Å². The van der Waals surface area contributed by atoms with Crippen LogP contribution in [-0.2, 0) is 0 Å². The zero-order chi connectivity index (χ0) is 12.0. The fourth-order valence-electron chi connectivity index (χ4n) is 2.09. The monoisotopic (exact) mass is 223 g/mol. The third-order valence-corrected chi connectivity index (χ3v) is 2.97. The van der Waals surface area contributed by atoms with Gasteiger partial charge >= 0.3 is 0 Å². The van der Waals surface area contributed by atoms with Crippen LogP contribution in [0.3, 0.4) is 0 Å².